The van der Waals surface area contributed by atoms with E-state index in [1.807, 2.05) is 6.07 Å². The summed E-state index contributed by atoms with van der Waals surface area (Å²) in [6.45, 7) is 3.27. The van der Waals surface area contributed by atoms with Gasteiger partial charge in [0, 0.05) is 31.7 Å². The Hall–Kier alpha value is -2.15. The number of ether oxygens (including phenoxy) is 1. The number of rotatable bonds is 3. The molecule has 21 heavy (non-hydrogen) atoms. The highest BCUT2D eigenvalue weighted by Gasteiger charge is 2.21. The number of hydrogen-bond donors (Lipinski definition) is 1. The van der Waals surface area contributed by atoms with Crippen LogP contribution in [0.4, 0.5) is 5.82 Å². The Balaban J connectivity index is 1.73. The number of anilines is 1. The average Bonchev–Trinajstić information content (AvgIpc) is 3.07. The Labute approximate surface area is 122 Å². The van der Waals surface area contributed by atoms with Gasteiger partial charge in [0.25, 0.3) is 5.91 Å². The van der Waals surface area contributed by atoms with E-state index in [4.69, 9.17) is 9.26 Å². The molecule has 7 nitrogen and oxygen atoms in total. The summed E-state index contributed by atoms with van der Waals surface area (Å²) in [5, 5.41) is 11.0. The highest BCUT2D eigenvalue weighted by atomic mass is 16.5. The summed E-state index contributed by atoms with van der Waals surface area (Å²) < 4.78 is 12.1. The standard InChI is InChI=1S/C14H18N4O3/c1-9-6-12(21-17-9)14(19)15-13-7-11(16-18(13)2)10-4-3-5-20-8-10/h6-7,10H,3-5,8H2,1-2H3,(H,15,19). The monoisotopic (exact) mass is 290 g/mol. The van der Waals surface area contributed by atoms with E-state index in [9.17, 15) is 4.79 Å². The van der Waals surface area contributed by atoms with E-state index in [0.717, 1.165) is 25.1 Å². The van der Waals surface area contributed by atoms with Gasteiger partial charge in [-0.15, -0.1) is 0 Å². The van der Waals surface area contributed by atoms with Gasteiger partial charge in [-0.25, -0.2) is 0 Å². The minimum absolute atomic E-state index is 0.191. The maximum Gasteiger partial charge on any atom is 0.295 e. The highest BCUT2D eigenvalue weighted by Crippen LogP contribution is 2.26. The second-order valence-corrected chi connectivity index (χ2v) is 5.28. The van der Waals surface area contributed by atoms with Crippen molar-refractivity contribution in [2.75, 3.05) is 18.5 Å². The number of aromatic nitrogens is 3. The van der Waals surface area contributed by atoms with Gasteiger partial charge in [0.1, 0.15) is 5.82 Å². The van der Waals surface area contributed by atoms with Gasteiger partial charge in [-0.2, -0.15) is 5.10 Å². The molecule has 3 rings (SSSR count). The molecule has 1 amide bonds. The molecule has 1 aliphatic heterocycles. The molecule has 2 aromatic rings. The summed E-state index contributed by atoms with van der Waals surface area (Å²) in [7, 11) is 1.80. The molecule has 0 saturated carbocycles. The quantitative estimate of drug-likeness (QED) is 0.933. The zero-order chi connectivity index (χ0) is 14.8. The predicted octanol–water partition coefficient (Wildman–Crippen LogP) is 1.86. The van der Waals surface area contributed by atoms with Gasteiger partial charge < -0.3 is 14.6 Å². The molecule has 7 heteroatoms. The van der Waals surface area contributed by atoms with Crippen LogP contribution in [-0.2, 0) is 11.8 Å². The second-order valence-electron chi connectivity index (χ2n) is 5.28. The molecule has 1 unspecified atom stereocenters. The van der Waals surface area contributed by atoms with Crippen LogP contribution in [0.15, 0.2) is 16.7 Å². The van der Waals surface area contributed by atoms with Crippen LogP contribution >= 0.6 is 0 Å². The highest BCUT2D eigenvalue weighted by molar-refractivity contribution is 6.01. The lowest BCUT2D eigenvalue weighted by Gasteiger charge is -2.19. The number of nitrogens with one attached hydrogen (secondary N) is 1. The van der Waals surface area contributed by atoms with Gasteiger partial charge >= 0.3 is 0 Å². The Morgan fingerprint density at radius 2 is 2.33 bits per heavy atom. The molecule has 112 valence electrons. The number of amides is 1. The Morgan fingerprint density at radius 3 is 3.00 bits per heavy atom. The van der Waals surface area contributed by atoms with Gasteiger partial charge in [0.05, 0.1) is 18.0 Å². The molecule has 1 N–H and O–H groups in total. The lowest BCUT2D eigenvalue weighted by Crippen LogP contribution is -2.16. The van der Waals surface area contributed by atoms with E-state index in [1.54, 1.807) is 24.7 Å². The average molecular weight is 290 g/mol. The molecule has 0 radical (unpaired) electrons. The van der Waals surface area contributed by atoms with Crippen LogP contribution in [-0.4, -0.2) is 34.1 Å². The van der Waals surface area contributed by atoms with E-state index in [2.05, 4.69) is 15.6 Å². The van der Waals surface area contributed by atoms with Crippen LogP contribution in [0.25, 0.3) is 0 Å². The van der Waals surface area contributed by atoms with Crippen molar-refractivity contribution < 1.29 is 14.1 Å². The minimum atomic E-state index is -0.329. The second kappa shape index (κ2) is 5.69. The lowest BCUT2D eigenvalue weighted by molar-refractivity contribution is 0.0791. The molecule has 3 heterocycles. The van der Waals surface area contributed by atoms with Gasteiger partial charge in [0.2, 0.25) is 5.76 Å². The Bertz CT molecular complexity index is 640. The Kier molecular flexibility index (Phi) is 3.74. The van der Waals surface area contributed by atoms with Crippen LogP contribution in [0.2, 0.25) is 0 Å². The topological polar surface area (TPSA) is 82.2 Å². The van der Waals surface area contributed by atoms with Gasteiger partial charge in [0.15, 0.2) is 0 Å². The Morgan fingerprint density at radius 1 is 1.48 bits per heavy atom. The molecule has 2 aromatic heterocycles. The van der Waals surface area contributed by atoms with Crippen LogP contribution in [0.5, 0.6) is 0 Å². The number of carbonyl (C=O) groups is 1. The van der Waals surface area contributed by atoms with Gasteiger partial charge in [-0.05, 0) is 19.8 Å². The summed E-state index contributed by atoms with van der Waals surface area (Å²) in [4.78, 5) is 12.1. The van der Waals surface area contributed by atoms with Crippen molar-refractivity contribution in [3.63, 3.8) is 0 Å². The fourth-order valence-electron chi connectivity index (χ4n) is 2.43. The van der Waals surface area contributed by atoms with E-state index < -0.39 is 0 Å². The summed E-state index contributed by atoms with van der Waals surface area (Å²) in [6, 6.07) is 3.49. The van der Waals surface area contributed by atoms with E-state index in [1.165, 1.54) is 0 Å². The predicted molar refractivity (Wildman–Crippen MR) is 75.2 cm³/mol. The van der Waals surface area contributed by atoms with Crippen LogP contribution in [0.1, 0.15) is 40.7 Å². The molecule has 0 aromatic carbocycles. The normalized spacial score (nSPS) is 18.7. The zero-order valence-electron chi connectivity index (χ0n) is 12.1. The third-order valence-electron chi connectivity index (χ3n) is 3.57. The maximum atomic E-state index is 12.1. The molecule has 0 bridgehead atoms. The molecular formula is C14H18N4O3. The third-order valence-corrected chi connectivity index (χ3v) is 3.57. The maximum absolute atomic E-state index is 12.1. The van der Waals surface area contributed by atoms with Crippen molar-refractivity contribution in [2.24, 2.45) is 7.05 Å². The number of nitrogens with zero attached hydrogens (tertiary/aromatic N) is 3. The first-order valence-electron chi connectivity index (χ1n) is 7.00. The summed E-state index contributed by atoms with van der Waals surface area (Å²) in [6.07, 6.45) is 2.10. The molecule has 1 saturated heterocycles. The molecule has 0 aliphatic carbocycles. The van der Waals surface area contributed by atoms with E-state index in [0.29, 0.717) is 24.0 Å². The molecule has 1 fully saturated rings. The molecule has 1 aliphatic rings. The third kappa shape index (κ3) is 2.97. The van der Waals surface area contributed by atoms with Gasteiger partial charge in [-0.1, -0.05) is 5.16 Å². The summed E-state index contributed by atoms with van der Waals surface area (Å²) in [5.41, 5.74) is 1.62. The van der Waals surface area contributed by atoms with Crippen LogP contribution in [0, 0.1) is 6.92 Å². The first kappa shape index (κ1) is 13.8. The van der Waals surface area contributed by atoms with E-state index in [-0.39, 0.29) is 11.7 Å². The van der Waals surface area contributed by atoms with Crippen LogP contribution in [0.3, 0.4) is 0 Å². The lowest BCUT2D eigenvalue weighted by atomic mass is 9.99. The smallest absolute Gasteiger partial charge is 0.295 e. The van der Waals surface area contributed by atoms with Crippen LogP contribution < -0.4 is 5.32 Å². The van der Waals surface area contributed by atoms with Crippen molar-refractivity contribution in [3.05, 3.63) is 29.3 Å². The minimum Gasteiger partial charge on any atom is -0.381 e. The first-order chi connectivity index (χ1) is 10.1. The number of carbonyl (C=O) groups excluding carboxylic acids is 1. The molecule has 0 spiro atoms. The van der Waals surface area contributed by atoms with Crippen molar-refractivity contribution >= 4 is 11.7 Å². The summed E-state index contributed by atoms with van der Waals surface area (Å²) in [5.74, 6) is 0.791. The summed E-state index contributed by atoms with van der Waals surface area (Å²) >= 11 is 0. The SMILES string of the molecule is Cc1cc(C(=O)Nc2cc(C3CCCOC3)nn2C)on1. The van der Waals surface area contributed by atoms with Gasteiger partial charge in [-0.3, -0.25) is 9.48 Å². The molecule has 1 atom stereocenters. The largest absolute Gasteiger partial charge is 0.381 e. The van der Waals surface area contributed by atoms with Crippen molar-refractivity contribution in [2.45, 2.75) is 25.7 Å². The number of aryl methyl sites for hydroxylation is 2. The van der Waals surface area contributed by atoms with Crippen molar-refractivity contribution in [1.82, 2.24) is 14.9 Å². The zero-order valence-corrected chi connectivity index (χ0v) is 12.1. The fourth-order valence-corrected chi connectivity index (χ4v) is 2.43. The molecular weight excluding hydrogens is 272 g/mol. The van der Waals surface area contributed by atoms with E-state index >= 15 is 0 Å². The van der Waals surface area contributed by atoms with Crippen molar-refractivity contribution in [1.29, 1.82) is 0 Å². The fraction of sp³-hybridized carbons (Fsp3) is 0.500. The number of hydrogen-bond acceptors (Lipinski definition) is 5. The van der Waals surface area contributed by atoms with Crippen molar-refractivity contribution in [3.8, 4) is 0 Å². The first-order valence-corrected chi connectivity index (χ1v) is 7.00.